The van der Waals surface area contributed by atoms with Crippen LogP contribution in [0.2, 0.25) is 0 Å². The van der Waals surface area contributed by atoms with Gasteiger partial charge in [0.15, 0.2) is 0 Å². The lowest BCUT2D eigenvalue weighted by atomic mass is 10.00. The van der Waals surface area contributed by atoms with Gasteiger partial charge in [-0.25, -0.2) is 0 Å². The summed E-state index contributed by atoms with van der Waals surface area (Å²) in [5.41, 5.74) is 2.80. The van der Waals surface area contributed by atoms with Gasteiger partial charge in [0.05, 0.1) is 0 Å². The number of hydrogen-bond acceptors (Lipinski definition) is 2. The first-order chi connectivity index (χ1) is 7.31. The fourth-order valence-corrected chi connectivity index (χ4v) is 2.18. The molecule has 1 saturated heterocycles. The molecule has 1 unspecified atom stereocenters. The third-order valence-electron chi connectivity index (χ3n) is 3.16. The predicted octanol–water partition coefficient (Wildman–Crippen LogP) is 1.96. The van der Waals surface area contributed by atoms with E-state index in [0.717, 1.165) is 6.54 Å². The molecular formula is C13H20N2. The van der Waals surface area contributed by atoms with Crippen molar-refractivity contribution in [3.8, 4) is 0 Å². The van der Waals surface area contributed by atoms with Gasteiger partial charge in [0.1, 0.15) is 0 Å². The van der Waals surface area contributed by atoms with E-state index in [4.69, 9.17) is 0 Å². The average Bonchev–Trinajstić information content (AvgIpc) is 2.14. The van der Waals surface area contributed by atoms with Gasteiger partial charge in [-0.1, -0.05) is 29.8 Å². The second-order valence-corrected chi connectivity index (χ2v) is 4.38. The smallest absolute Gasteiger partial charge is 0.0472 e. The van der Waals surface area contributed by atoms with Gasteiger partial charge < -0.3 is 5.32 Å². The van der Waals surface area contributed by atoms with Crippen LogP contribution in [-0.4, -0.2) is 31.6 Å². The molecule has 2 nitrogen and oxygen atoms in total. The lowest BCUT2D eigenvalue weighted by molar-refractivity contribution is 0.117. The van der Waals surface area contributed by atoms with Crippen LogP contribution in [0.1, 0.15) is 23.6 Å². The van der Waals surface area contributed by atoms with Gasteiger partial charge in [0, 0.05) is 25.7 Å². The highest BCUT2D eigenvalue weighted by Crippen LogP contribution is 2.25. The first kappa shape index (κ1) is 10.7. The Morgan fingerprint density at radius 1 is 1.40 bits per heavy atom. The van der Waals surface area contributed by atoms with Crippen molar-refractivity contribution in [1.82, 2.24) is 10.2 Å². The number of likely N-dealkylation sites (N-methyl/N-ethyl adjacent to an activating group) is 1. The van der Waals surface area contributed by atoms with Crippen LogP contribution >= 0.6 is 0 Å². The number of likely N-dealkylation sites (tertiary alicyclic amines) is 1. The standard InChI is InChI=1S/C13H20N2/c1-11-5-3-6-12(9-11)13(10-14-2)15-7-4-8-15/h3,5-6,9,13-14H,4,7-8,10H2,1-2H3. The molecule has 1 heterocycles. The summed E-state index contributed by atoms with van der Waals surface area (Å²) in [6.45, 7) is 5.71. The van der Waals surface area contributed by atoms with Crippen LogP contribution in [0, 0.1) is 6.92 Å². The topological polar surface area (TPSA) is 15.3 Å². The number of hydrogen-bond donors (Lipinski definition) is 1. The molecule has 1 fully saturated rings. The number of aryl methyl sites for hydroxylation is 1. The van der Waals surface area contributed by atoms with Crippen LogP contribution in [0.4, 0.5) is 0 Å². The summed E-state index contributed by atoms with van der Waals surface area (Å²) in [6.07, 6.45) is 1.35. The molecule has 2 rings (SSSR count). The Labute approximate surface area is 92.3 Å². The zero-order chi connectivity index (χ0) is 10.7. The molecule has 1 aromatic carbocycles. The van der Waals surface area contributed by atoms with Crippen molar-refractivity contribution in [2.75, 3.05) is 26.7 Å². The Balaban J connectivity index is 2.15. The zero-order valence-electron chi connectivity index (χ0n) is 9.66. The first-order valence-electron chi connectivity index (χ1n) is 5.76. The predicted molar refractivity (Wildman–Crippen MR) is 64.0 cm³/mol. The fourth-order valence-electron chi connectivity index (χ4n) is 2.18. The molecule has 0 amide bonds. The highest BCUT2D eigenvalue weighted by molar-refractivity contribution is 5.25. The second kappa shape index (κ2) is 4.77. The minimum Gasteiger partial charge on any atom is -0.318 e. The Morgan fingerprint density at radius 3 is 2.73 bits per heavy atom. The van der Waals surface area contributed by atoms with Crippen LogP contribution in [0.15, 0.2) is 24.3 Å². The SMILES string of the molecule is CNCC(c1cccc(C)c1)N1CCC1. The molecule has 1 aliphatic rings. The van der Waals surface area contributed by atoms with Crippen LogP contribution < -0.4 is 5.32 Å². The third kappa shape index (κ3) is 2.39. The maximum Gasteiger partial charge on any atom is 0.0472 e. The summed E-state index contributed by atoms with van der Waals surface area (Å²) in [7, 11) is 2.03. The van der Waals surface area contributed by atoms with Gasteiger partial charge in [-0.05, 0) is 26.0 Å². The van der Waals surface area contributed by atoms with Gasteiger partial charge >= 0.3 is 0 Å². The molecule has 0 radical (unpaired) electrons. The minimum atomic E-state index is 0.559. The largest absolute Gasteiger partial charge is 0.318 e. The van der Waals surface area contributed by atoms with E-state index in [0.29, 0.717) is 6.04 Å². The molecule has 1 atom stereocenters. The van der Waals surface area contributed by atoms with E-state index in [1.807, 2.05) is 7.05 Å². The molecule has 0 saturated carbocycles. The van der Waals surface area contributed by atoms with E-state index in [-0.39, 0.29) is 0 Å². The lowest BCUT2D eigenvalue weighted by Gasteiger charge is -2.38. The molecule has 0 bridgehead atoms. The van der Waals surface area contributed by atoms with Crippen molar-refractivity contribution < 1.29 is 0 Å². The maximum absolute atomic E-state index is 3.29. The normalized spacial score (nSPS) is 18.5. The Kier molecular flexibility index (Phi) is 3.39. The number of rotatable bonds is 4. The maximum atomic E-state index is 3.29. The quantitative estimate of drug-likeness (QED) is 0.806. The van der Waals surface area contributed by atoms with Crippen molar-refractivity contribution in [3.63, 3.8) is 0 Å². The molecular weight excluding hydrogens is 184 g/mol. The van der Waals surface area contributed by atoms with E-state index >= 15 is 0 Å². The molecule has 0 aliphatic carbocycles. The van der Waals surface area contributed by atoms with Crippen LogP contribution in [0.5, 0.6) is 0 Å². The molecule has 0 aromatic heterocycles. The summed E-state index contributed by atoms with van der Waals surface area (Å²) >= 11 is 0. The monoisotopic (exact) mass is 204 g/mol. The van der Waals surface area contributed by atoms with Crippen LogP contribution in [-0.2, 0) is 0 Å². The van der Waals surface area contributed by atoms with Crippen molar-refractivity contribution >= 4 is 0 Å². The third-order valence-corrected chi connectivity index (χ3v) is 3.16. The van der Waals surface area contributed by atoms with Gasteiger partial charge in [-0.15, -0.1) is 0 Å². The Bertz CT molecular complexity index is 318. The summed E-state index contributed by atoms with van der Waals surface area (Å²) in [5.74, 6) is 0. The molecule has 0 spiro atoms. The summed E-state index contributed by atoms with van der Waals surface area (Å²) in [6, 6.07) is 9.43. The first-order valence-corrected chi connectivity index (χ1v) is 5.76. The van der Waals surface area contributed by atoms with E-state index < -0.39 is 0 Å². The molecule has 15 heavy (non-hydrogen) atoms. The number of nitrogens with one attached hydrogen (secondary N) is 1. The van der Waals surface area contributed by atoms with Gasteiger partial charge in [0.2, 0.25) is 0 Å². The van der Waals surface area contributed by atoms with E-state index in [1.54, 1.807) is 0 Å². The number of benzene rings is 1. The van der Waals surface area contributed by atoms with Crippen LogP contribution in [0.25, 0.3) is 0 Å². The second-order valence-electron chi connectivity index (χ2n) is 4.38. The molecule has 1 N–H and O–H groups in total. The van der Waals surface area contributed by atoms with Crippen LogP contribution in [0.3, 0.4) is 0 Å². The average molecular weight is 204 g/mol. The van der Waals surface area contributed by atoms with E-state index in [1.165, 1.54) is 30.6 Å². The Hall–Kier alpha value is -0.860. The van der Waals surface area contributed by atoms with E-state index in [9.17, 15) is 0 Å². The van der Waals surface area contributed by atoms with Gasteiger partial charge in [0.25, 0.3) is 0 Å². The summed E-state index contributed by atoms with van der Waals surface area (Å²) < 4.78 is 0. The molecule has 1 aliphatic heterocycles. The molecule has 1 aromatic rings. The lowest BCUT2D eigenvalue weighted by Crippen LogP contribution is -2.43. The number of nitrogens with zero attached hydrogens (tertiary/aromatic N) is 1. The summed E-state index contributed by atoms with van der Waals surface area (Å²) in [4.78, 5) is 2.55. The molecule has 2 heteroatoms. The summed E-state index contributed by atoms with van der Waals surface area (Å²) in [5, 5.41) is 3.29. The van der Waals surface area contributed by atoms with E-state index in [2.05, 4.69) is 41.4 Å². The fraction of sp³-hybridized carbons (Fsp3) is 0.538. The van der Waals surface area contributed by atoms with Crippen molar-refractivity contribution in [3.05, 3.63) is 35.4 Å². The zero-order valence-corrected chi connectivity index (χ0v) is 9.66. The van der Waals surface area contributed by atoms with Crippen molar-refractivity contribution in [2.45, 2.75) is 19.4 Å². The molecule has 82 valence electrons. The van der Waals surface area contributed by atoms with Gasteiger partial charge in [-0.3, -0.25) is 4.90 Å². The highest BCUT2D eigenvalue weighted by Gasteiger charge is 2.24. The van der Waals surface area contributed by atoms with Crippen molar-refractivity contribution in [2.24, 2.45) is 0 Å². The minimum absolute atomic E-state index is 0.559. The Morgan fingerprint density at radius 2 is 2.20 bits per heavy atom. The van der Waals surface area contributed by atoms with Gasteiger partial charge in [-0.2, -0.15) is 0 Å². The van der Waals surface area contributed by atoms with Crippen molar-refractivity contribution in [1.29, 1.82) is 0 Å². The highest BCUT2D eigenvalue weighted by atomic mass is 15.2.